The van der Waals surface area contributed by atoms with Crippen LogP contribution in [0.2, 0.25) is 0 Å². The molecular weight excluding hydrogens is 320 g/mol. The van der Waals surface area contributed by atoms with Crippen LogP contribution >= 0.6 is 11.8 Å². The maximum Gasteiger partial charge on any atom is 0.230 e. The number of nitrogens with one attached hydrogen (secondary N) is 1. The lowest BCUT2D eigenvalue weighted by Gasteiger charge is -2.06. The highest BCUT2D eigenvalue weighted by atomic mass is 32.2. The molecule has 0 spiro atoms. The van der Waals surface area contributed by atoms with E-state index in [4.69, 9.17) is 4.42 Å². The summed E-state index contributed by atoms with van der Waals surface area (Å²) >= 11 is 1.61. The lowest BCUT2D eigenvalue weighted by Crippen LogP contribution is -2.24. The molecule has 0 aliphatic carbocycles. The summed E-state index contributed by atoms with van der Waals surface area (Å²) in [5.74, 6) is 2.08. The van der Waals surface area contributed by atoms with Crippen molar-refractivity contribution >= 4 is 17.7 Å². The number of thioether (sulfide) groups is 1. The number of hydrogen-bond acceptors (Lipinski definition) is 4. The van der Waals surface area contributed by atoms with Crippen molar-refractivity contribution in [3.63, 3.8) is 0 Å². The molecular formula is C19H18N2O2S. The predicted molar refractivity (Wildman–Crippen MR) is 96.4 cm³/mol. The number of furan rings is 1. The van der Waals surface area contributed by atoms with Crippen LogP contribution in [0.25, 0.3) is 11.3 Å². The van der Waals surface area contributed by atoms with Gasteiger partial charge in [-0.05, 0) is 29.3 Å². The van der Waals surface area contributed by atoms with Gasteiger partial charge in [0.25, 0.3) is 0 Å². The molecule has 0 bridgehead atoms. The third-order valence-corrected chi connectivity index (χ3v) is 4.44. The van der Waals surface area contributed by atoms with Gasteiger partial charge in [0.2, 0.25) is 5.91 Å². The van der Waals surface area contributed by atoms with Gasteiger partial charge in [-0.15, -0.1) is 11.8 Å². The normalized spacial score (nSPS) is 10.5. The smallest absolute Gasteiger partial charge is 0.230 e. The Bertz CT molecular complexity index is 773. The van der Waals surface area contributed by atoms with Crippen LogP contribution in [0.1, 0.15) is 11.1 Å². The molecule has 0 atom stereocenters. The van der Waals surface area contributed by atoms with Crippen LogP contribution in [-0.2, 0) is 17.1 Å². The van der Waals surface area contributed by atoms with Crippen molar-refractivity contribution in [3.8, 4) is 11.3 Å². The molecule has 2 heterocycles. The van der Waals surface area contributed by atoms with Crippen molar-refractivity contribution in [1.82, 2.24) is 10.3 Å². The van der Waals surface area contributed by atoms with Crippen molar-refractivity contribution in [2.75, 3.05) is 5.75 Å². The van der Waals surface area contributed by atoms with Crippen LogP contribution in [0, 0.1) is 0 Å². The summed E-state index contributed by atoms with van der Waals surface area (Å²) < 4.78 is 5.36. The summed E-state index contributed by atoms with van der Waals surface area (Å²) in [6.45, 7) is 0.465. The minimum atomic E-state index is 0.0272. The van der Waals surface area contributed by atoms with E-state index in [0.29, 0.717) is 12.3 Å². The number of carbonyl (C=O) groups excluding carboxylic acids is 1. The minimum absolute atomic E-state index is 0.0272. The van der Waals surface area contributed by atoms with Crippen molar-refractivity contribution in [3.05, 3.63) is 78.3 Å². The largest absolute Gasteiger partial charge is 0.464 e. The van der Waals surface area contributed by atoms with Crippen LogP contribution in [0.4, 0.5) is 0 Å². The lowest BCUT2D eigenvalue weighted by molar-refractivity contribution is -0.118. The Hall–Kier alpha value is -2.53. The van der Waals surface area contributed by atoms with Crippen LogP contribution in [0.15, 0.2) is 71.6 Å². The fraction of sp³-hybridized carbons (Fsp3) is 0.158. The van der Waals surface area contributed by atoms with Gasteiger partial charge in [0, 0.05) is 30.3 Å². The summed E-state index contributed by atoms with van der Waals surface area (Å²) in [7, 11) is 0. The van der Waals surface area contributed by atoms with Crippen molar-refractivity contribution in [2.24, 2.45) is 0 Å². The Morgan fingerprint density at radius 2 is 1.96 bits per heavy atom. The number of pyridine rings is 1. The van der Waals surface area contributed by atoms with E-state index in [2.05, 4.69) is 22.4 Å². The number of rotatable bonds is 7. The van der Waals surface area contributed by atoms with Gasteiger partial charge in [-0.1, -0.05) is 30.3 Å². The fourth-order valence-electron chi connectivity index (χ4n) is 2.25. The standard InChI is InChI=1S/C19H18N2O2S/c22-19(14-24-13-15-5-2-1-3-6-15)21-11-16-9-17(12-20-10-16)18-7-4-8-23-18/h1-10,12H,11,13-14H2,(H,21,22). The Morgan fingerprint density at radius 1 is 1.08 bits per heavy atom. The van der Waals surface area contributed by atoms with Crippen LogP contribution in [0.5, 0.6) is 0 Å². The second-order valence-corrected chi connectivity index (χ2v) is 6.30. The molecule has 122 valence electrons. The van der Waals surface area contributed by atoms with Crippen LogP contribution < -0.4 is 5.32 Å². The molecule has 1 amide bonds. The van der Waals surface area contributed by atoms with Gasteiger partial charge in [0.1, 0.15) is 5.76 Å². The summed E-state index contributed by atoms with van der Waals surface area (Å²) in [5, 5.41) is 2.93. The van der Waals surface area contributed by atoms with Crippen molar-refractivity contribution in [1.29, 1.82) is 0 Å². The Morgan fingerprint density at radius 3 is 2.75 bits per heavy atom. The zero-order chi connectivity index (χ0) is 16.6. The third kappa shape index (κ3) is 4.73. The Kier molecular flexibility index (Phi) is 5.69. The molecule has 0 saturated heterocycles. The van der Waals surface area contributed by atoms with E-state index in [1.165, 1.54) is 5.56 Å². The van der Waals surface area contributed by atoms with Crippen molar-refractivity contribution < 1.29 is 9.21 Å². The zero-order valence-corrected chi connectivity index (χ0v) is 14.0. The van der Waals surface area contributed by atoms with Gasteiger partial charge < -0.3 is 9.73 Å². The summed E-state index contributed by atoms with van der Waals surface area (Å²) in [4.78, 5) is 16.2. The first kappa shape index (κ1) is 16.3. The second-order valence-electron chi connectivity index (χ2n) is 5.31. The molecule has 0 fully saturated rings. The van der Waals surface area contributed by atoms with Gasteiger partial charge in [-0.3, -0.25) is 9.78 Å². The second kappa shape index (κ2) is 8.36. The zero-order valence-electron chi connectivity index (χ0n) is 13.1. The Labute approximate surface area is 145 Å². The minimum Gasteiger partial charge on any atom is -0.464 e. The molecule has 1 N–H and O–H groups in total. The highest BCUT2D eigenvalue weighted by Crippen LogP contribution is 2.19. The fourth-order valence-corrected chi connectivity index (χ4v) is 3.07. The molecule has 3 rings (SSSR count). The van der Waals surface area contributed by atoms with Gasteiger partial charge >= 0.3 is 0 Å². The van der Waals surface area contributed by atoms with E-state index < -0.39 is 0 Å². The molecule has 2 aromatic heterocycles. The van der Waals surface area contributed by atoms with E-state index >= 15 is 0 Å². The van der Waals surface area contributed by atoms with E-state index in [1.54, 1.807) is 30.4 Å². The first-order valence-electron chi connectivity index (χ1n) is 7.67. The number of carbonyl (C=O) groups is 1. The van der Waals surface area contributed by atoms with Gasteiger partial charge in [0.15, 0.2) is 0 Å². The predicted octanol–water partition coefficient (Wildman–Crippen LogP) is 3.89. The lowest BCUT2D eigenvalue weighted by atomic mass is 10.1. The molecule has 1 aromatic carbocycles. The molecule has 3 aromatic rings. The van der Waals surface area contributed by atoms with E-state index in [-0.39, 0.29) is 5.91 Å². The van der Waals surface area contributed by atoms with E-state index in [1.807, 2.05) is 36.4 Å². The first-order chi connectivity index (χ1) is 11.8. The summed E-state index contributed by atoms with van der Waals surface area (Å²) in [6, 6.07) is 15.8. The topological polar surface area (TPSA) is 55.1 Å². The SMILES string of the molecule is O=C(CSCc1ccccc1)NCc1cncc(-c2ccco2)c1. The van der Waals surface area contributed by atoms with Crippen molar-refractivity contribution in [2.45, 2.75) is 12.3 Å². The number of amides is 1. The maximum absolute atomic E-state index is 11.9. The van der Waals surface area contributed by atoms with Crippen LogP contribution in [-0.4, -0.2) is 16.6 Å². The highest BCUT2D eigenvalue weighted by molar-refractivity contribution is 7.99. The molecule has 0 saturated carbocycles. The molecule has 5 heteroatoms. The molecule has 0 aliphatic rings. The molecule has 0 aliphatic heterocycles. The van der Waals surface area contributed by atoms with Gasteiger partial charge in [0.05, 0.1) is 12.0 Å². The molecule has 24 heavy (non-hydrogen) atoms. The molecule has 0 unspecified atom stereocenters. The molecule has 4 nitrogen and oxygen atoms in total. The quantitative estimate of drug-likeness (QED) is 0.710. The number of hydrogen-bond donors (Lipinski definition) is 1. The number of nitrogens with zero attached hydrogens (tertiary/aromatic N) is 1. The molecule has 0 radical (unpaired) electrons. The summed E-state index contributed by atoms with van der Waals surface area (Å²) in [6.07, 6.45) is 5.14. The Balaban J connectivity index is 1.45. The van der Waals surface area contributed by atoms with Gasteiger partial charge in [-0.25, -0.2) is 0 Å². The van der Waals surface area contributed by atoms with E-state index in [9.17, 15) is 4.79 Å². The third-order valence-electron chi connectivity index (χ3n) is 3.43. The maximum atomic E-state index is 11.9. The number of benzene rings is 1. The summed E-state index contributed by atoms with van der Waals surface area (Å²) in [5.41, 5.74) is 3.08. The highest BCUT2D eigenvalue weighted by Gasteiger charge is 2.05. The average Bonchev–Trinajstić information content (AvgIpc) is 3.16. The van der Waals surface area contributed by atoms with E-state index in [0.717, 1.165) is 22.6 Å². The van der Waals surface area contributed by atoms with Crippen LogP contribution in [0.3, 0.4) is 0 Å². The first-order valence-corrected chi connectivity index (χ1v) is 8.83. The average molecular weight is 338 g/mol. The van der Waals surface area contributed by atoms with Gasteiger partial charge in [-0.2, -0.15) is 0 Å². The number of aromatic nitrogens is 1. The monoisotopic (exact) mass is 338 g/mol.